The van der Waals surface area contributed by atoms with Gasteiger partial charge in [0.1, 0.15) is 11.5 Å². The Morgan fingerprint density at radius 1 is 1.13 bits per heavy atom. The summed E-state index contributed by atoms with van der Waals surface area (Å²) in [6.07, 6.45) is 1.29. The molecule has 9 nitrogen and oxygen atoms in total. The predicted molar refractivity (Wildman–Crippen MR) is 112 cm³/mol. The fourth-order valence-electron chi connectivity index (χ4n) is 2.51. The molecule has 0 aliphatic rings. The third-order valence-corrected chi connectivity index (χ3v) is 4.21. The van der Waals surface area contributed by atoms with E-state index < -0.39 is 10.8 Å². The first-order valence-electron chi connectivity index (χ1n) is 8.58. The van der Waals surface area contributed by atoms with Gasteiger partial charge in [0, 0.05) is 35.9 Å². The second-order valence-corrected chi connectivity index (χ2v) is 6.49. The van der Waals surface area contributed by atoms with Crippen LogP contribution in [0.5, 0.6) is 0 Å². The van der Waals surface area contributed by atoms with Crippen LogP contribution in [0.2, 0.25) is 5.02 Å². The molecule has 1 heterocycles. The van der Waals surface area contributed by atoms with Crippen LogP contribution in [0.15, 0.2) is 64.1 Å². The molecule has 0 saturated heterocycles. The van der Waals surface area contributed by atoms with Crippen molar-refractivity contribution in [2.45, 2.75) is 6.92 Å². The van der Waals surface area contributed by atoms with E-state index in [2.05, 4.69) is 15.8 Å². The molecule has 10 heteroatoms. The lowest BCUT2D eigenvalue weighted by atomic mass is 10.1. The van der Waals surface area contributed by atoms with Crippen molar-refractivity contribution in [3.8, 4) is 11.3 Å². The number of benzene rings is 2. The Hall–Kier alpha value is -3.98. The minimum Gasteiger partial charge on any atom is -0.455 e. The Balaban J connectivity index is 1.66. The quantitative estimate of drug-likeness (QED) is 0.346. The molecule has 0 aliphatic carbocycles. The Morgan fingerprint density at radius 2 is 1.87 bits per heavy atom. The minimum absolute atomic E-state index is 0.113. The molecule has 0 atom stereocenters. The fourth-order valence-corrected chi connectivity index (χ4v) is 2.72. The van der Waals surface area contributed by atoms with Crippen molar-refractivity contribution in [2.75, 3.05) is 5.32 Å². The number of hydrogen-bond donors (Lipinski definition) is 2. The summed E-state index contributed by atoms with van der Waals surface area (Å²) >= 11 is 6.10. The first-order chi connectivity index (χ1) is 14.3. The van der Waals surface area contributed by atoms with Crippen LogP contribution in [-0.2, 0) is 4.79 Å². The second-order valence-electron chi connectivity index (χ2n) is 6.08. The Morgan fingerprint density at radius 3 is 2.53 bits per heavy atom. The third kappa shape index (κ3) is 5.09. The maximum absolute atomic E-state index is 12.1. The van der Waals surface area contributed by atoms with Gasteiger partial charge in [-0.1, -0.05) is 11.6 Å². The molecular formula is C20H15ClN4O5. The van der Waals surface area contributed by atoms with Gasteiger partial charge in [-0.3, -0.25) is 19.7 Å². The molecule has 0 radical (unpaired) electrons. The summed E-state index contributed by atoms with van der Waals surface area (Å²) in [5.41, 5.74) is 3.54. The van der Waals surface area contributed by atoms with E-state index in [-0.39, 0.29) is 11.6 Å². The molecule has 3 rings (SSSR count). The van der Waals surface area contributed by atoms with Gasteiger partial charge in [0.05, 0.1) is 16.2 Å². The van der Waals surface area contributed by atoms with Crippen LogP contribution >= 0.6 is 11.6 Å². The highest BCUT2D eigenvalue weighted by Crippen LogP contribution is 2.32. The Kier molecular flexibility index (Phi) is 6.23. The number of anilines is 1. The Labute approximate surface area is 175 Å². The summed E-state index contributed by atoms with van der Waals surface area (Å²) in [6, 6.07) is 13.5. The van der Waals surface area contributed by atoms with Gasteiger partial charge in [-0.15, -0.1) is 0 Å². The number of hydrogen-bond acceptors (Lipinski definition) is 6. The number of nitro groups is 1. The third-order valence-electron chi connectivity index (χ3n) is 3.88. The molecule has 2 aromatic carbocycles. The van der Waals surface area contributed by atoms with Crippen LogP contribution in [-0.4, -0.2) is 23.0 Å². The molecule has 0 aliphatic heterocycles. The van der Waals surface area contributed by atoms with E-state index in [0.717, 1.165) is 0 Å². The van der Waals surface area contributed by atoms with E-state index in [4.69, 9.17) is 16.0 Å². The summed E-state index contributed by atoms with van der Waals surface area (Å²) in [5.74, 6) is -0.0194. The number of nitro benzene ring substituents is 1. The fraction of sp³-hybridized carbons (Fsp3) is 0.0500. The van der Waals surface area contributed by atoms with Crippen LogP contribution < -0.4 is 10.7 Å². The predicted octanol–water partition coefficient (Wildman–Crippen LogP) is 4.23. The minimum atomic E-state index is -0.524. The number of carbonyl (C=O) groups is 2. The smallest absolute Gasteiger partial charge is 0.271 e. The zero-order chi connectivity index (χ0) is 21.7. The van der Waals surface area contributed by atoms with E-state index in [0.29, 0.717) is 33.4 Å². The van der Waals surface area contributed by atoms with E-state index in [9.17, 15) is 19.7 Å². The van der Waals surface area contributed by atoms with Gasteiger partial charge in [-0.25, -0.2) is 5.43 Å². The van der Waals surface area contributed by atoms with Gasteiger partial charge in [-0.05, 0) is 42.5 Å². The number of rotatable bonds is 6. The number of non-ortho nitro benzene ring substituents is 1. The topological polar surface area (TPSA) is 127 Å². The summed E-state index contributed by atoms with van der Waals surface area (Å²) in [6.45, 7) is 1.39. The normalized spacial score (nSPS) is 10.7. The van der Waals surface area contributed by atoms with Crippen molar-refractivity contribution in [3.63, 3.8) is 0 Å². The van der Waals surface area contributed by atoms with Crippen molar-refractivity contribution >= 4 is 41.0 Å². The van der Waals surface area contributed by atoms with Crippen LogP contribution in [0.3, 0.4) is 0 Å². The molecule has 0 spiro atoms. The number of nitrogens with zero attached hydrogens (tertiary/aromatic N) is 2. The molecule has 30 heavy (non-hydrogen) atoms. The van der Waals surface area contributed by atoms with Crippen LogP contribution in [0, 0.1) is 10.1 Å². The molecular weight excluding hydrogens is 412 g/mol. The van der Waals surface area contributed by atoms with Crippen molar-refractivity contribution in [1.82, 2.24) is 5.43 Å². The maximum atomic E-state index is 12.1. The number of halogens is 1. The zero-order valence-electron chi connectivity index (χ0n) is 15.6. The van der Waals surface area contributed by atoms with Crippen molar-refractivity contribution in [3.05, 3.63) is 81.1 Å². The van der Waals surface area contributed by atoms with Crippen molar-refractivity contribution in [1.29, 1.82) is 0 Å². The van der Waals surface area contributed by atoms with Crippen LogP contribution in [0.25, 0.3) is 11.3 Å². The number of hydrazone groups is 1. The highest BCUT2D eigenvalue weighted by atomic mass is 35.5. The largest absolute Gasteiger partial charge is 0.455 e. The van der Waals surface area contributed by atoms with Crippen molar-refractivity contribution < 1.29 is 18.9 Å². The first kappa shape index (κ1) is 20.7. The van der Waals surface area contributed by atoms with E-state index >= 15 is 0 Å². The maximum Gasteiger partial charge on any atom is 0.271 e. The summed E-state index contributed by atoms with van der Waals surface area (Å²) in [4.78, 5) is 33.5. The lowest BCUT2D eigenvalue weighted by Crippen LogP contribution is -2.17. The molecule has 152 valence electrons. The highest BCUT2D eigenvalue weighted by molar-refractivity contribution is 6.33. The molecule has 2 N–H and O–H groups in total. The molecule has 1 aromatic heterocycles. The summed E-state index contributed by atoms with van der Waals surface area (Å²) in [5, 5.41) is 17.7. The molecule has 2 amide bonds. The summed E-state index contributed by atoms with van der Waals surface area (Å²) < 4.78 is 5.58. The SMILES string of the molecule is CC(=O)Nc1ccc(C(=O)N/N=C\c2ccc(-c3cc([N+](=O)[O-])ccc3Cl)o2)cc1. The van der Waals surface area contributed by atoms with Crippen LogP contribution in [0.1, 0.15) is 23.0 Å². The number of nitrogens with one attached hydrogen (secondary N) is 2. The van der Waals surface area contributed by atoms with Crippen LogP contribution in [0.4, 0.5) is 11.4 Å². The van der Waals surface area contributed by atoms with Gasteiger partial charge in [0.25, 0.3) is 11.6 Å². The van der Waals surface area contributed by atoms with E-state index in [1.165, 1.54) is 31.3 Å². The Bertz CT molecular complexity index is 1140. The average molecular weight is 427 g/mol. The molecule has 0 unspecified atom stereocenters. The molecule has 3 aromatic rings. The van der Waals surface area contributed by atoms with E-state index in [1.54, 1.807) is 36.4 Å². The molecule has 0 saturated carbocycles. The first-order valence-corrected chi connectivity index (χ1v) is 8.96. The lowest BCUT2D eigenvalue weighted by Gasteiger charge is -2.03. The number of amides is 2. The standard InChI is InChI=1S/C20H15ClN4O5/c1-12(26)23-14-4-2-13(3-5-14)20(27)24-22-11-16-7-9-19(30-16)17-10-15(25(28)29)6-8-18(17)21/h2-11H,1H3,(H,23,26)(H,24,27)/b22-11-. The number of carbonyl (C=O) groups excluding carboxylic acids is 2. The van der Waals surface area contributed by atoms with E-state index in [1.807, 2.05) is 0 Å². The zero-order valence-corrected chi connectivity index (χ0v) is 16.3. The second kappa shape index (κ2) is 9.01. The molecule has 0 bridgehead atoms. The monoisotopic (exact) mass is 426 g/mol. The van der Waals surface area contributed by atoms with Crippen molar-refractivity contribution in [2.24, 2.45) is 5.10 Å². The van der Waals surface area contributed by atoms with Gasteiger partial charge >= 0.3 is 0 Å². The highest BCUT2D eigenvalue weighted by Gasteiger charge is 2.14. The van der Waals surface area contributed by atoms with Gasteiger partial charge in [0.15, 0.2) is 0 Å². The van der Waals surface area contributed by atoms with Gasteiger partial charge in [-0.2, -0.15) is 5.10 Å². The van der Waals surface area contributed by atoms with Gasteiger partial charge < -0.3 is 9.73 Å². The number of furan rings is 1. The van der Waals surface area contributed by atoms with Gasteiger partial charge in [0.2, 0.25) is 5.91 Å². The summed E-state index contributed by atoms with van der Waals surface area (Å²) in [7, 11) is 0. The molecule has 0 fully saturated rings. The average Bonchev–Trinajstić information content (AvgIpc) is 3.16. The lowest BCUT2D eigenvalue weighted by molar-refractivity contribution is -0.384.